The predicted octanol–water partition coefficient (Wildman–Crippen LogP) is 4.76. The van der Waals surface area contributed by atoms with E-state index in [0.29, 0.717) is 22.6 Å². The number of oxazole rings is 1. The molecule has 0 amide bonds. The first kappa shape index (κ1) is 14.0. The molecule has 4 aromatic rings. The Morgan fingerprint density at radius 2 is 1.96 bits per heavy atom. The number of halogens is 1. The minimum atomic E-state index is 0.428. The lowest BCUT2D eigenvalue weighted by molar-refractivity contribution is 0.432. The van der Waals surface area contributed by atoms with E-state index in [1.54, 1.807) is 12.1 Å². The van der Waals surface area contributed by atoms with E-state index in [1.165, 1.54) is 0 Å². The molecule has 0 saturated heterocycles. The SMILES string of the molecule is CCc1nc2cc(-c3noc(-c4cccc(Cl)c4)n3)ccc2o1. The van der Waals surface area contributed by atoms with E-state index in [4.69, 9.17) is 20.5 Å². The summed E-state index contributed by atoms with van der Waals surface area (Å²) in [7, 11) is 0. The maximum atomic E-state index is 5.99. The van der Waals surface area contributed by atoms with Crippen LogP contribution in [0.2, 0.25) is 5.02 Å². The number of aromatic nitrogens is 3. The number of benzene rings is 2. The van der Waals surface area contributed by atoms with Gasteiger partial charge >= 0.3 is 0 Å². The maximum Gasteiger partial charge on any atom is 0.258 e. The van der Waals surface area contributed by atoms with E-state index in [-0.39, 0.29) is 0 Å². The molecule has 0 unspecified atom stereocenters. The number of fused-ring (bicyclic) bond motifs is 1. The average molecular weight is 326 g/mol. The molecule has 0 bridgehead atoms. The fourth-order valence-corrected chi connectivity index (χ4v) is 2.54. The molecule has 0 spiro atoms. The van der Waals surface area contributed by atoms with Crippen LogP contribution in [0.3, 0.4) is 0 Å². The Morgan fingerprint density at radius 1 is 1.04 bits per heavy atom. The van der Waals surface area contributed by atoms with Crippen LogP contribution in [0.4, 0.5) is 0 Å². The van der Waals surface area contributed by atoms with Crippen LogP contribution in [0.1, 0.15) is 12.8 Å². The number of aryl methyl sites for hydroxylation is 1. The van der Waals surface area contributed by atoms with Gasteiger partial charge in [-0.05, 0) is 36.4 Å². The molecule has 0 saturated carbocycles. The standard InChI is InChI=1S/C17H12ClN3O2/c1-2-15-19-13-9-10(6-7-14(13)22-15)16-20-17(23-21-16)11-4-3-5-12(18)8-11/h3-9H,2H2,1H3. The third-order valence-electron chi connectivity index (χ3n) is 3.49. The van der Waals surface area contributed by atoms with Crippen LogP contribution >= 0.6 is 11.6 Å². The van der Waals surface area contributed by atoms with Crippen LogP contribution in [0.25, 0.3) is 33.9 Å². The first-order valence-corrected chi connectivity index (χ1v) is 7.60. The summed E-state index contributed by atoms with van der Waals surface area (Å²) in [6, 6.07) is 12.9. The zero-order chi connectivity index (χ0) is 15.8. The lowest BCUT2D eigenvalue weighted by Crippen LogP contribution is -1.82. The molecule has 0 aliphatic carbocycles. The maximum absolute atomic E-state index is 5.99. The van der Waals surface area contributed by atoms with E-state index in [0.717, 1.165) is 28.6 Å². The molecular weight excluding hydrogens is 314 g/mol. The van der Waals surface area contributed by atoms with Crippen molar-refractivity contribution in [3.63, 3.8) is 0 Å². The molecule has 2 aromatic heterocycles. The number of nitrogens with zero attached hydrogens (tertiary/aromatic N) is 3. The molecule has 5 nitrogen and oxygen atoms in total. The smallest absolute Gasteiger partial charge is 0.258 e. The molecule has 2 aromatic carbocycles. The minimum Gasteiger partial charge on any atom is -0.441 e. The second-order valence-corrected chi connectivity index (χ2v) is 5.51. The van der Waals surface area contributed by atoms with Gasteiger partial charge < -0.3 is 8.94 Å². The predicted molar refractivity (Wildman–Crippen MR) is 87.1 cm³/mol. The van der Waals surface area contributed by atoms with Gasteiger partial charge in [0.2, 0.25) is 5.82 Å². The van der Waals surface area contributed by atoms with Crippen LogP contribution in [0.5, 0.6) is 0 Å². The summed E-state index contributed by atoms with van der Waals surface area (Å²) in [4.78, 5) is 8.85. The Morgan fingerprint density at radius 3 is 2.78 bits per heavy atom. The largest absolute Gasteiger partial charge is 0.441 e. The van der Waals surface area contributed by atoms with E-state index in [1.807, 2.05) is 37.3 Å². The molecule has 114 valence electrons. The first-order chi connectivity index (χ1) is 11.2. The van der Waals surface area contributed by atoms with Crippen LogP contribution in [-0.2, 0) is 6.42 Å². The van der Waals surface area contributed by atoms with Crippen molar-refractivity contribution in [3.05, 3.63) is 53.4 Å². The van der Waals surface area contributed by atoms with Crippen molar-refractivity contribution >= 4 is 22.7 Å². The van der Waals surface area contributed by atoms with E-state index < -0.39 is 0 Å². The quantitative estimate of drug-likeness (QED) is 0.543. The van der Waals surface area contributed by atoms with E-state index in [2.05, 4.69) is 15.1 Å². The number of rotatable bonds is 3. The molecule has 0 atom stereocenters. The zero-order valence-corrected chi connectivity index (χ0v) is 13.0. The van der Waals surface area contributed by atoms with Gasteiger partial charge in [0.05, 0.1) is 0 Å². The van der Waals surface area contributed by atoms with Crippen molar-refractivity contribution in [3.8, 4) is 22.8 Å². The fraction of sp³-hybridized carbons (Fsp3) is 0.118. The molecule has 0 radical (unpaired) electrons. The molecule has 23 heavy (non-hydrogen) atoms. The fourth-order valence-electron chi connectivity index (χ4n) is 2.34. The second kappa shape index (κ2) is 5.52. The van der Waals surface area contributed by atoms with Gasteiger partial charge in [0, 0.05) is 22.6 Å². The average Bonchev–Trinajstić information content (AvgIpc) is 3.20. The monoisotopic (exact) mass is 325 g/mol. The highest BCUT2D eigenvalue weighted by atomic mass is 35.5. The van der Waals surface area contributed by atoms with Gasteiger partial charge in [0.1, 0.15) is 5.52 Å². The van der Waals surface area contributed by atoms with Crippen molar-refractivity contribution in [1.29, 1.82) is 0 Å². The summed E-state index contributed by atoms with van der Waals surface area (Å²) in [6.07, 6.45) is 0.755. The topological polar surface area (TPSA) is 65.0 Å². The summed E-state index contributed by atoms with van der Waals surface area (Å²) >= 11 is 5.99. The highest BCUT2D eigenvalue weighted by molar-refractivity contribution is 6.30. The van der Waals surface area contributed by atoms with Crippen molar-refractivity contribution in [2.24, 2.45) is 0 Å². The van der Waals surface area contributed by atoms with Gasteiger partial charge in [-0.2, -0.15) is 4.98 Å². The Hall–Kier alpha value is -2.66. The Kier molecular flexibility index (Phi) is 3.35. The third-order valence-corrected chi connectivity index (χ3v) is 3.73. The van der Waals surface area contributed by atoms with Crippen molar-refractivity contribution in [1.82, 2.24) is 15.1 Å². The van der Waals surface area contributed by atoms with Gasteiger partial charge in [-0.15, -0.1) is 0 Å². The normalized spacial score (nSPS) is 11.2. The lowest BCUT2D eigenvalue weighted by atomic mass is 10.2. The molecule has 4 rings (SSSR count). The first-order valence-electron chi connectivity index (χ1n) is 7.22. The van der Waals surface area contributed by atoms with Gasteiger partial charge in [0.25, 0.3) is 5.89 Å². The van der Waals surface area contributed by atoms with Crippen LogP contribution in [-0.4, -0.2) is 15.1 Å². The Balaban J connectivity index is 1.73. The Labute approximate surface area is 136 Å². The van der Waals surface area contributed by atoms with Gasteiger partial charge in [-0.3, -0.25) is 0 Å². The summed E-state index contributed by atoms with van der Waals surface area (Å²) in [5.74, 6) is 1.64. The van der Waals surface area contributed by atoms with Crippen molar-refractivity contribution in [2.75, 3.05) is 0 Å². The molecule has 0 aliphatic rings. The second-order valence-electron chi connectivity index (χ2n) is 5.08. The highest BCUT2D eigenvalue weighted by Crippen LogP contribution is 2.26. The molecule has 2 heterocycles. The number of hydrogen-bond acceptors (Lipinski definition) is 5. The summed E-state index contributed by atoms with van der Waals surface area (Å²) in [6.45, 7) is 2.00. The zero-order valence-electron chi connectivity index (χ0n) is 12.3. The summed E-state index contributed by atoms with van der Waals surface area (Å²) in [5, 5.41) is 4.66. The highest BCUT2D eigenvalue weighted by Gasteiger charge is 2.13. The summed E-state index contributed by atoms with van der Waals surface area (Å²) in [5.41, 5.74) is 3.15. The van der Waals surface area contributed by atoms with Gasteiger partial charge in [0.15, 0.2) is 11.5 Å². The van der Waals surface area contributed by atoms with Crippen LogP contribution < -0.4 is 0 Å². The molecule has 0 N–H and O–H groups in total. The lowest BCUT2D eigenvalue weighted by Gasteiger charge is -1.94. The number of hydrogen-bond donors (Lipinski definition) is 0. The third kappa shape index (κ3) is 2.59. The van der Waals surface area contributed by atoms with Crippen molar-refractivity contribution < 1.29 is 8.94 Å². The van der Waals surface area contributed by atoms with Crippen LogP contribution in [0, 0.1) is 0 Å². The Bertz CT molecular complexity index is 990. The van der Waals surface area contributed by atoms with Gasteiger partial charge in [-0.25, -0.2) is 4.98 Å². The molecule has 0 fully saturated rings. The molecule has 0 aliphatic heterocycles. The van der Waals surface area contributed by atoms with E-state index in [9.17, 15) is 0 Å². The minimum absolute atomic E-state index is 0.428. The van der Waals surface area contributed by atoms with E-state index >= 15 is 0 Å². The molecular formula is C17H12ClN3O2. The molecule has 6 heteroatoms. The van der Waals surface area contributed by atoms with Gasteiger partial charge in [-0.1, -0.05) is 29.7 Å². The van der Waals surface area contributed by atoms with Crippen molar-refractivity contribution in [2.45, 2.75) is 13.3 Å². The van der Waals surface area contributed by atoms with Crippen LogP contribution in [0.15, 0.2) is 51.4 Å². The summed E-state index contributed by atoms with van der Waals surface area (Å²) < 4.78 is 10.9.